The van der Waals surface area contributed by atoms with E-state index in [0.29, 0.717) is 6.04 Å². The molecule has 2 rings (SSSR count). The fourth-order valence-electron chi connectivity index (χ4n) is 2.57. The van der Waals surface area contributed by atoms with E-state index in [2.05, 4.69) is 55.5 Å². The van der Waals surface area contributed by atoms with Gasteiger partial charge >= 0.3 is 0 Å². The molecule has 1 heterocycles. The van der Waals surface area contributed by atoms with E-state index < -0.39 is 0 Å². The largest absolute Gasteiger partial charge is 0.378 e. The van der Waals surface area contributed by atoms with Crippen molar-refractivity contribution in [2.75, 3.05) is 25.5 Å². The lowest BCUT2D eigenvalue weighted by molar-refractivity contribution is 0.449. The number of anilines is 1. The first kappa shape index (κ1) is 11.5. The van der Waals surface area contributed by atoms with E-state index in [-0.39, 0.29) is 0 Å². The van der Waals surface area contributed by atoms with Gasteiger partial charge in [-0.1, -0.05) is 25.5 Å². The molecule has 0 radical (unpaired) electrons. The maximum atomic E-state index is 3.61. The average Bonchev–Trinajstić information content (AvgIpc) is 2.77. The smallest absolute Gasteiger partial charge is 0.0361 e. The normalized spacial score (nSPS) is 24.7. The number of nitrogens with one attached hydrogen (secondary N) is 1. The van der Waals surface area contributed by atoms with Crippen LogP contribution in [0.1, 0.15) is 31.4 Å². The van der Waals surface area contributed by atoms with Crippen LogP contribution < -0.4 is 10.2 Å². The van der Waals surface area contributed by atoms with Crippen molar-refractivity contribution < 1.29 is 0 Å². The highest BCUT2D eigenvalue weighted by Gasteiger charge is 2.26. The molecule has 1 N–H and O–H groups in total. The molecular weight excluding hydrogens is 196 g/mol. The van der Waals surface area contributed by atoms with Gasteiger partial charge in [-0.3, -0.25) is 0 Å². The standard InChI is InChI=1S/C14H22N2/c1-4-11-9-10-15-14(11)12-5-7-13(8-6-12)16(2)3/h5-8,11,14-15H,4,9-10H2,1-3H3/t11-,14+/m1/s1. The minimum absolute atomic E-state index is 0.571. The second kappa shape index (κ2) is 4.88. The Kier molecular flexibility index (Phi) is 3.49. The minimum Gasteiger partial charge on any atom is -0.378 e. The number of nitrogens with zero attached hydrogens (tertiary/aromatic N) is 1. The van der Waals surface area contributed by atoms with Gasteiger partial charge in [-0.25, -0.2) is 0 Å². The molecule has 0 aromatic heterocycles. The Morgan fingerprint density at radius 1 is 1.25 bits per heavy atom. The van der Waals surface area contributed by atoms with E-state index >= 15 is 0 Å². The van der Waals surface area contributed by atoms with Gasteiger partial charge in [0.1, 0.15) is 0 Å². The third-order valence-corrected chi connectivity index (χ3v) is 3.64. The lowest BCUT2D eigenvalue weighted by Gasteiger charge is -2.20. The van der Waals surface area contributed by atoms with Crippen LogP contribution in [0.4, 0.5) is 5.69 Å². The summed E-state index contributed by atoms with van der Waals surface area (Å²) < 4.78 is 0. The summed E-state index contributed by atoms with van der Waals surface area (Å²) in [4.78, 5) is 2.14. The van der Waals surface area contributed by atoms with Crippen LogP contribution >= 0.6 is 0 Å². The summed E-state index contributed by atoms with van der Waals surface area (Å²) in [6.07, 6.45) is 2.59. The van der Waals surface area contributed by atoms with Crippen molar-refractivity contribution in [3.05, 3.63) is 29.8 Å². The molecule has 1 aliphatic heterocycles. The number of hydrogen-bond acceptors (Lipinski definition) is 2. The third kappa shape index (κ3) is 2.22. The summed E-state index contributed by atoms with van der Waals surface area (Å²) in [5.74, 6) is 0.810. The lowest BCUT2D eigenvalue weighted by Crippen LogP contribution is -2.17. The number of hydrogen-bond donors (Lipinski definition) is 1. The molecule has 88 valence electrons. The first-order valence-corrected chi connectivity index (χ1v) is 6.23. The highest BCUT2D eigenvalue weighted by molar-refractivity contribution is 5.46. The summed E-state index contributed by atoms with van der Waals surface area (Å²) in [7, 11) is 4.16. The Bertz CT molecular complexity index is 329. The number of rotatable bonds is 3. The fraction of sp³-hybridized carbons (Fsp3) is 0.571. The second-order valence-corrected chi connectivity index (χ2v) is 4.87. The van der Waals surface area contributed by atoms with Crippen LogP contribution in [0.3, 0.4) is 0 Å². The van der Waals surface area contributed by atoms with Crippen molar-refractivity contribution in [2.24, 2.45) is 5.92 Å². The SMILES string of the molecule is CC[C@@H]1CCN[C@@H]1c1ccc(N(C)C)cc1. The van der Waals surface area contributed by atoms with Gasteiger partial charge in [0, 0.05) is 25.8 Å². The van der Waals surface area contributed by atoms with Crippen molar-refractivity contribution in [3.63, 3.8) is 0 Å². The van der Waals surface area contributed by atoms with Crippen molar-refractivity contribution in [1.82, 2.24) is 5.32 Å². The monoisotopic (exact) mass is 218 g/mol. The van der Waals surface area contributed by atoms with E-state index in [0.717, 1.165) is 5.92 Å². The predicted octanol–water partition coefficient (Wildman–Crippen LogP) is 2.81. The maximum absolute atomic E-state index is 3.61. The topological polar surface area (TPSA) is 15.3 Å². The molecule has 2 nitrogen and oxygen atoms in total. The Morgan fingerprint density at radius 2 is 1.94 bits per heavy atom. The molecule has 1 aromatic rings. The highest BCUT2D eigenvalue weighted by Crippen LogP contribution is 2.32. The Hall–Kier alpha value is -1.02. The zero-order chi connectivity index (χ0) is 11.5. The predicted molar refractivity (Wildman–Crippen MR) is 69.9 cm³/mol. The van der Waals surface area contributed by atoms with Crippen LogP contribution in [0.5, 0.6) is 0 Å². The van der Waals surface area contributed by atoms with Crippen LogP contribution in [0.25, 0.3) is 0 Å². The molecule has 0 bridgehead atoms. The molecule has 1 aliphatic rings. The van der Waals surface area contributed by atoms with Crippen LogP contribution in [-0.4, -0.2) is 20.6 Å². The molecule has 2 heteroatoms. The van der Waals surface area contributed by atoms with Crippen LogP contribution in [0, 0.1) is 5.92 Å². The molecule has 0 spiro atoms. The van der Waals surface area contributed by atoms with Gasteiger partial charge in [-0.05, 0) is 36.6 Å². The molecule has 1 saturated heterocycles. The van der Waals surface area contributed by atoms with Gasteiger partial charge < -0.3 is 10.2 Å². The quantitative estimate of drug-likeness (QED) is 0.839. The molecule has 1 aromatic carbocycles. The van der Waals surface area contributed by atoms with Gasteiger partial charge in [0.05, 0.1) is 0 Å². The van der Waals surface area contributed by atoms with Gasteiger partial charge in [-0.15, -0.1) is 0 Å². The first-order valence-electron chi connectivity index (χ1n) is 6.23. The van der Waals surface area contributed by atoms with Crippen molar-refractivity contribution in [3.8, 4) is 0 Å². The zero-order valence-corrected chi connectivity index (χ0v) is 10.5. The summed E-state index contributed by atoms with van der Waals surface area (Å²) in [6.45, 7) is 3.46. The average molecular weight is 218 g/mol. The first-order chi connectivity index (χ1) is 7.72. The molecular formula is C14H22N2. The molecule has 1 fully saturated rings. The van der Waals surface area contributed by atoms with Gasteiger partial charge in [0.2, 0.25) is 0 Å². The van der Waals surface area contributed by atoms with Gasteiger partial charge in [0.25, 0.3) is 0 Å². The van der Waals surface area contributed by atoms with E-state index in [1.807, 2.05) is 0 Å². The fourth-order valence-corrected chi connectivity index (χ4v) is 2.57. The van der Waals surface area contributed by atoms with Crippen LogP contribution in [0.2, 0.25) is 0 Å². The van der Waals surface area contributed by atoms with E-state index in [1.54, 1.807) is 0 Å². The molecule has 0 aliphatic carbocycles. The van der Waals surface area contributed by atoms with Gasteiger partial charge in [-0.2, -0.15) is 0 Å². The Morgan fingerprint density at radius 3 is 2.50 bits per heavy atom. The number of benzene rings is 1. The molecule has 2 atom stereocenters. The van der Waals surface area contributed by atoms with Crippen molar-refractivity contribution in [2.45, 2.75) is 25.8 Å². The minimum atomic E-state index is 0.571. The summed E-state index contributed by atoms with van der Waals surface area (Å²) in [5.41, 5.74) is 2.71. The summed E-state index contributed by atoms with van der Waals surface area (Å²) in [5, 5.41) is 3.61. The molecule has 0 saturated carbocycles. The van der Waals surface area contributed by atoms with Crippen molar-refractivity contribution >= 4 is 5.69 Å². The Balaban J connectivity index is 2.15. The maximum Gasteiger partial charge on any atom is 0.0361 e. The molecule has 0 amide bonds. The summed E-state index contributed by atoms with van der Waals surface area (Å²) >= 11 is 0. The second-order valence-electron chi connectivity index (χ2n) is 4.87. The Labute approximate surface area is 98.7 Å². The van der Waals surface area contributed by atoms with E-state index in [4.69, 9.17) is 0 Å². The van der Waals surface area contributed by atoms with E-state index in [9.17, 15) is 0 Å². The molecule has 0 unspecified atom stereocenters. The highest BCUT2D eigenvalue weighted by atomic mass is 15.1. The van der Waals surface area contributed by atoms with Gasteiger partial charge in [0.15, 0.2) is 0 Å². The van der Waals surface area contributed by atoms with E-state index in [1.165, 1.54) is 30.6 Å². The summed E-state index contributed by atoms with van der Waals surface area (Å²) in [6, 6.07) is 9.52. The lowest BCUT2D eigenvalue weighted by atomic mass is 9.92. The van der Waals surface area contributed by atoms with Crippen LogP contribution in [0.15, 0.2) is 24.3 Å². The third-order valence-electron chi connectivity index (χ3n) is 3.64. The zero-order valence-electron chi connectivity index (χ0n) is 10.5. The van der Waals surface area contributed by atoms with Crippen LogP contribution in [-0.2, 0) is 0 Å². The van der Waals surface area contributed by atoms with Crippen molar-refractivity contribution in [1.29, 1.82) is 0 Å². The molecule has 16 heavy (non-hydrogen) atoms.